The average molecular weight is 303 g/mol. The monoisotopic (exact) mass is 303 g/mol. The molecule has 1 heterocycles. The van der Waals surface area contributed by atoms with Crippen LogP contribution in [0.3, 0.4) is 0 Å². The van der Waals surface area contributed by atoms with E-state index in [1.165, 1.54) is 4.90 Å². The number of anilines is 1. The number of benzene rings is 1. The van der Waals surface area contributed by atoms with Crippen LogP contribution >= 0.6 is 11.8 Å². The highest BCUT2D eigenvalue weighted by molar-refractivity contribution is 7.98. The molecule has 21 heavy (non-hydrogen) atoms. The average Bonchev–Trinajstić information content (AvgIpc) is 2.80. The highest BCUT2D eigenvalue weighted by Crippen LogP contribution is 2.17. The molecule has 112 valence electrons. The summed E-state index contributed by atoms with van der Waals surface area (Å²) in [5.41, 5.74) is 1.92. The third kappa shape index (κ3) is 4.11. The smallest absolute Gasteiger partial charge is 0.229 e. The van der Waals surface area contributed by atoms with Crippen molar-refractivity contribution in [2.24, 2.45) is 0 Å². The summed E-state index contributed by atoms with van der Waals surface area (Å²) < 4.78 is 1.84. The number of aromatic nitrogens is 2. The van der Waals surface area contributed by atoms with Gasteiger partial charge in [0.25, 0.3) is 0 Å². The van der Waals surface area contributed by atoms with E-state index in [-0.39, 0.29) is 11.9 Å². The number of amides is 1. The van der Waals surface area contributed by atoms with Crippen LogP contribution in [-0.4, -0.2) is 21.9 Å². The second kappa shape index (κ2) is 6.80. The van der Waals surface area contributed by atoms with Crippen LogP contribution in [-0.2, 0) is 11.2 Å². The minimum atomic E-state index is -0.0197. The number of aryl methyl sites for hydroxylation is 1. The highest BCUT2D eigenvalue weighted by atomic mass is 32.2. The lowest BCUT2D eigenvalue weighted by atomic mass is 10.1. The van der Waals surface area contributed by atoms with Crippen molar-refractivity contribution in [3.8, 4) is 0 Å². The Hall–Kier alpha value is -1.75. The number of carbonyl (C=O) groups excluding carboxylic acids is 1. The molecule has 0 spiro atoms. The van der Waals surface area contributed by atoms with Crippen molar-refractivity contribution in [3.05, 3.63) is 41.6 Å². The van der Waals surface area contributed by atoms with E-state index in [0.29, 0.717) is 6.42 Å². The van der Waals surface area contributed by atoms with Crippen molar-refractivity contribution >= 4 is 23.5 Å². The molecule has 0 bridgehead atoms. The molecule has 1 aromatic carbocycles. The third-order valence-electron chi connectivity index (χ3n) is 3.14. The number of thioether (sulfide) groups is 1. The molecule has 0 saturated heterocycles. The minimum absolute atomic E-state index is 0.0197. The van der Waals surface area contributed by atoms with Gasteiger partial charge in [-0.05, 0) is 44.7 Å². The summed E-state index contributed by atoms with van der Waals surface area (Å²) in [5.74, 6) is 0.738. The Morgan fingerprint density at radius 1 is 1.33 bits per heavy atom. The maximum absolute atomic E-state index is 12.2. The van der Waals surface area contributed by atoms with Gasteiger partial charge in [-0.1, -0.05) is 12.1 Å². The predicted molar refractivity (Wildman–Crippen MR) is 87.9 cm³/mol. The Labute approximate surface area is 129 Å². The lowest BCUT2D eigenvalue weighted by Crippen LogP contribution is -2.18. The first-order chi connectivity index (χ1) is 9.99. The summed E-state index contributed by atoms with van der Waals surface area (Å²) in [6.07, 6.45) is 2.41. The summed E-state index contributed by atoms with van der Waals surface area (Å²) in [4.78, 5) is 13.4. The maximum Gasteiger partial charge on any atom is 0.229 e. The van der Waals surface area contributed by atoms with Crippen molar-refractivity contribution in [2.45, 2.75) is 38.1 Å². The fourth-order valence-corrected chi connectivity index (χ4v) is 2.53. The van der Waals surface area contributed by atoms with Crippen LogP contribution in [0.4, 0.5) is 5.82 Å². The van der Waals surface area contributed by atoms with Gasteiger partial charge in [-0.3, -0.25) is 4.79 Å². The van der Waals surface area contributed by atoms with Gasteiger partial charge in [-0.25, -0.2) is 4.68 Å². The van der Waals surface area contributed by atoms with Crippen LogP contribution in [0.25, 0.3) is 0 Å². The molecule has 0 fully saturated rings. The Bertz CT molecular complexity index is 617. The molecule has 0 unspecified atom stereocenters. The van der Waals surface area contributed by atoms with E-state index in [0.717, 1.165) is 17.1 Å². The molecule has 0 aliphatic carbocycles. The van der Waals surface area contributed by atoms with Crippen LogP contribution < -0.4 is 5.32 Å². The van der Waals surface area contributed by atoms with E-state index in [1.54, 1.807) is 11.8 Å². The quantitative estimate of drug-likeness (QED) is 0.857. The molecule has 0 aliphatic heterocycles. The van der Waals surface area contributed by atoms with Crippen molar-refractivity contribution < 1.29 is 4.79 Å². The van der Waals surface area contributed by atoms with Gasteiger partial charge < -0.3 is 5.32 Å². The molecule has 1 N–H and O–H groups in total. The van der Waals surface area contributed by atoms with E-state index < -0.39 is 0 Å². The van der Waals surface area contributed by atoms with Gasteiger partial charge in [-0.15, -0.1) is 11.8 Å². The van der Waals surface area contributed by atoms with Gasteiger partial charge in [-0.2, -0.15) is 5.10 Å². The molecule has 0 aliphatic rings. The molecular formula is C16H21N3OS. The van der Waals surface area contributed by atoms with Crippen LogP contribution in [0.2, 0.25) is 0 Å². The molecule has 0 radical (unpaired) electrons. The van der Waals surface area contributed by atoms with Crippen molar-refractivity contribution in [1.29, 1.82) is 0 Å². The van der Waals surface area contributed by atoms with Crippen molar-refractivity contribution in [1.82, 2.24) is 9.78 Å². The number of carbonyl (C=O) groups is 1. The van der Waals surface area contributed by atoms with Gasteiger partial charge in [0.2, 0.25) is 5.91 Å². The molecular weight excluding hydrogens is 282 g/mol. The molecule has 2 aromatic rings. The first-order valence-corrected chi connectivity index (χ1v) is 8.21. The Morgan fingerprint density at radius 3 is 2.57 bits per heavy atom. The maximum atomic E-state index is 12.2. The van der Waals surface area contributed by atoms with Crippen LogP contribution in [0.1, 0.15) is 31.1 Å². The van der Waals surface area contributed by atoms with E-state index in [4.69, 9.17) is 0 Å². The first-order valence-electron chi connectivity index (χ1n) is 6.98. The Morgan fingerprint density at radius 2 is 2.00 bits per heavy atom. The van der Waals surface area contributed by atoms with Crippen molar-refractivity contribution in [3.63, 3.8) is 0 Å². The Kier molecular flexibility index (Phi) is 5.07. The zero-order valence-electron chi connectivity index (χ0n) is 12.9. The van der Waals surface area contributed by atoms with Gasteiger partial charge in [0.15, 0.2) is 0 Å². The second-order valence-corrected chi connectivity index (χ2v) is 6.16. The molecule has 1 aromatic heterocycles. The SMILES string of the molecule is CSc1ccc(CC(=O)Nc2cc(C)nn2C(C)C)cc1. The third-order valence-corrected chi connectivity index (χ3v) is 3.88. The van der Waals surface area contributed by atoms with Crippen LogP contribution in [0.15, 0.2) is 35.2 Å². The molecule has 0 atom stereocenters. The number of nitrogens with one attached hydrogen (secondary N) is 1. The normalized spacial score (nSPS) is 10.9. The highest BCUT2D eigenvalue weighted by Gasteiger charge is 2.11. The standard InChI is InChI=1S/C16H21N3OS/c1-11(2)19-15(9-12(3)18-19)17-16(20)10-13-5-7-14(21-4)8-6-13/h5-9,11H,10H2,1-4H3,(H,17,20). The predicted octanol–water partition coefficient (Wildman–Crippen LogP) is 3.68. The topological polar surface area (TPSA) is 46.9 Å². The molecule has 0 saturated carbocycles. The van der Waals surface area contributed by atoms with Gasteiger partial charge >= 0.3 is 0 Å². The minimum Gasteiger partial charge on any atom is -0.311 e. The fourth-order valence-electron chi connectivity index (χ4n) is 2.12. The summed E-state index contributed by atoms with van der Waals surface area (Å²) in [7, 11) is 0. The van der Waals surface area contributed by atoms with Crippen molar-refractivity contribution in [2.75, 3.05) is 11.6 Å². The van der Waals surface area contributed by atoms with Gasteiger partial charge in [0.1, 0.15) is 5.82 Å². The number of nitrogens with zero attached hydrogens (tertiary/aromatic N) is 2. The van der Waals surface area contributed by atoms with Gasteiger partial charge in [0, 0.05) is 17.0 Å². The molecule has 4 nitrogen and oxygen atoms in total. The molecule has 1 amide bonds. The second-order valence-electron chi connectivity index (χ2n) is 5.28. The van der Waals surface area contributed by atoms with Crippen LogP contribution in [0, 0.1) is 6.92 Å². The summed E-state index contributed by atoms with van der Waals surface area (Å²) >= 11 is 1.69. The van der Waals surface area contributed by atoms with Crippen LogP contribution in [0.5, 0.6) is 0 Å². The lowest BCUT2D eigenvalue weighted by molar-refractivity contribution is -0.115. The molecule has 2 rings (SSSR count). The summed E-state index contributed by atoms with van der Waals surface area (Å²) in [6, 6.07) is 10.2. The number of hydrogen-bond donors (Lipinski definition) is 1. The lowest BCUT2D eigenvalue weighted by Gasteiger charge is -2.11. The number of rotatable bonds is 5. The van der Waals surface area contributed by atoms with E-state index in [9.17, 15) is 4.79 Å². The fraction of sp³-hybridized carbons (Fsp3) is 0.375. The summed E-state index contributed by atoms with van der Waals surface area (Å²) in [6.45, 7) is 6.02. The zero-order chi connectivity index (χ0) is 15.4. The van der Waals surface area contributed by atoms with E-state index >= 15 is 0 Å². The van der Waals surface area contributed by atoms with E-state index in [1.807, 2.05) is 62.0 Å². The molecule has 5 heteroatoms. The van der Waals surface area contributed by atoms with Gasteiger partial charge in [0.05, 0.1) is 12.1 Å². The zero-order valence-corrected chi connectivity index (χ0v) is 13.7. The van der Waals surface area contributed by atoms with E-state index in [2.05, 4.69) is 10.4 Å². The number of hydrogen-bond acceptors (Lipinski definition) is 3. The first kappa shape index (κ1) is 15.6. The summed E-state index contributed by atoms with van der Waals surface area (Å²) in [5, 5.41) is 7.34. The largest absolute Gasteiger partial charge is 0.311 e. The Balaban J connectivity index is 2.04.